The lowest BCUT2D eigenvalue weighted by Crippen LogP contribution is -2.26. The van der Waals surface area contributed by atoms with Crippen LogP contribution in [-0.2, 0) is 12.0 Å². The molecule has 0 aliphatic heterocycles. The predicted octanol–water partition coefficient (Wildman–Crippen LogP) is 3.23. The zero-order valence-electron chi connectivity index (χ0n) is 12.0. The topological polar surface area (TPSA) is 34.9 Å². The van der Waals surface area contributed by atoms with E-state index in [1.807, 2.05) is 37.3 Å². The van der Waals surface area contributed by atoms with Gasteiger partial charge in [-0.05, 0) is 17.9 Å². The van der Waals surface area contributed by atoms with Crippen LogP contribution >= 0.6 is 0 Å². The van der Waals surface area contributed by atoms with Crippen molar-refractivity contribution in [3.63, 3.8) is 0 Å². The van der Waals surface area contributed by atoms with Crippen LogP contribution in [0.25, 0.3) is 11.3 Å². The molecule has 0 atom stereocenters. The predicted molar refractivity (Wildman–Crippen MR) is 78.3 cm³/mol. The fourth-order valence-corrected chi connectivity index (χ4v) is 2.10. The minimum absolute atomic E-state index is 0.0351. The smallest absolute Gasteiger partial charge is 0.267 e. The molecule has 2 rings (SSSR count). The summed E-state index contributed by atoms with van der Waals surface area (Å²) in [5.41, 5.74) is 2.80. The molecule has 0 N–H and O–H groups in total. The number of aryl methyl sites for hydroxylation is 1. The Balaban J connectivity index is 2.74. The van der Waals surface area contributed by atoms with Crippen LogP contribution in [0.3, 0.4) is 0 Å². The van der Waals surface area contributed by atoms with Gasteiger partial charge in [-0.2, -0.15) is 5.10 Å². The van der Waals surface area contributed by atoms with Gasteiger partial charge in [-0.1, -0.05) is 51.1 Å². The molecule has 0 saturated carbocycles. The summed E-state index contributed by atoms with van der Waals surface area (Å²) in [6, 6.07) is 11.7. The number of hydrogen-bond acceptors (Lipinski definition) is 2. The van der Waals surface area contributed by atoms with Crippen molar-refractivity contribution >= 4 is 0 Å². The highest BCUT2D eigenvalue weighted by atomic mass is 16.1. The van der Waals surface area contributed by atoms with Crippen LogP contribution in [0, 0.1) is 0 Å². The molecular weight excluding hydrogens is 236 g/mol. The minimum atomic E-state index is -0.107. The Hall–Kier alpha value is -1.90. The molecule has 3 nitrogen and oxygen atoms in total. The van der Waals surface area contributed by atoms with Crippen molar-refractivity contribution in [2.24, 2.45) is 0 Å². The van der Waals surface area contributed by atoms with Crippen molar-refractivity contribution in [2.45, 2.75) is 39.7 Å². The van der Waals surface area contributed by atoms with E-state index in [-0.39, 0.29) is 11.0 Å². The summed E-state index contributed by atoms with van der Waals surface area (Å²) in [6.45, 7) is 8.83. The summed E-state index contributed by atoms with van der Waals surface area (Å²) in [6.07, 6.45) is 0. The van der Waals surface area contributed by atoms with E-state index in [2.05, 4.69) is 25.9 Å². The standard InChI is InChI=1S/C16H20N2O/c1-5-18-14(19)11-13(16(2,3)4)15(17-18)12-9-7-6-8-10-12/h6-11H,5H2,1-4H3. The van der Waals surface area contributed by atoms with Crippen molar-refractivity contribution in [1.82, 2.24) is 9.78 Å². The Labute approximate surface area is 113 Å². The second-order valence-electron chi connectivity index (χ2n) is 5.68. The molecule has 1 heterocycles. The third kappa shape index (κ3) is 2.75. The van der Waals surface area contributed by atoms with Gasteiger partial charge in [0, 0.05) is 18.2 Å². The summed E-state index contributed by atoms with van der Waals surface area (Å²) >= 11 is 0. The van der Waals surface area contributed by atoms with E-state index in [9.17, 15) is 4.79 Å². The van der Waals surface area contributed by atoms with Crippen molar-refractivity contribution in [1.29, 1.82) is 0 Å². The van der Waals surface area contributed by atoms with Crippen LogP contribution in [0.2, 0.25) is 0 Å². The lowest BCUT2D eigenvalue weighted by Gasteiger charge is -2.22. The first-order chi connectivity index (χ1) is 8.93. The van der Waals surface area contributed by atoms with Crippen LogP contribution in [0.1, 0.15) is 33.3 Å². The average molecular weight is 256 g/mol. The molecule has 0 aliphatic carbocycles. The molecule has 0 radical (unpaired) electrons. The highest BCUT2D eigenvalue weighted by Gasteiger charge is 2.21. The van der Waals surface area contributed by atoms with Gasteiger partial charge in [0.15, 0.2) is 0 Å². The zero-order chi connectivity index (χ0) is 14.0. The lowest BCUT2D eigenvalue weighted by atomic mass is 9.84. The number of hydrogen-bond donors (Lipinski definition) is 0. The van der Waals surface area contributed by atoms with Gasteiger partial charge in [0.25, 0.3) is 5.56 Å². The van der Waals surface area contributed by atoms with E-state index in [0.717, 1.165) is 16.8 Å². The van der Waals surface area contributed by atoms with Gasteiger partial charge in [0.05, 0.1) is 5.69 Å². The van der Waals surface area contributed by atoms with Gasteiger partial charge in [0.1, 0.15) is 0 Å². The number of nitrogens with zero attached hydrogens (tertiary/aromatic N) is 2. The summed E-state index contributed by atoms with van der Waals surface area (Å²) in [7, 11) is 0. The number of aromatic nitrogens is 2. The molecule has 0 unspecified atom stereocenters. The third-order valence-corrected chi connectivity index (χ3v) is 3.15. The molecule has 1 aromatic heterocycles. The Morgan fingerprint density at radius 1 is 1.16 bits per heavy atom. The second-order valence-corrected chi connectivity index (χ2v) is 5.68. The van der Waals surface area contributed by atoms with Crippen molar-refractivity contribution in [2.75, 3.05) is 0 Å². The minimum Gasteiger partial charge on any atom is -0.268 e. The van der Waals surface area contributed by atoms with E-state index in [0.29, 0.717) is 6.54 Å². The maximum atomic E-state index is 12.0. The average Bonchev–Trinajstić information content (AvgIpc) is 2.38. The van der Waals surface area contributed by atoms with E-state index >= 15 is 0 Å². The lowest BCUT2D eigenvalue weighted by molar-refractivity contribution is 0.561. The Morgan fingerprint density at radius 3 is 2.32 bits per heavy atom. The summed E-state index contributed by atoms with van der Waals surface area (Å²) in [4.78, 5) is 12.0. The number of benzene rings is 1. The molecule has 0 amide bonds. The largest absolute Gasteiger partial charge is 0.268 e. The quantitative estimate of drug-likeness (QED) is 0.827. The third-order valence-electron chi connectivity index (χ3n) is 3.15. The maximum absolute atomic E-state index is 12.0. The molecule has 100 valence electrons. The molecule has 0 saturated heterocycles. The molecule has 0 bridgehead atoms. The van der Waals surface area contributed by atoms with E-state index in [4.69, 9.17) is 0 Å². The molecule has 2 aromatic rings. The van der Waals surface area contributed by atoms with Gasteiger partial charge in [0.2, 0.25) is 0 Å². The normalized spacial score (nSPS) is 11.6. The van der Waals surface area contributed by atoms with Crippen LogP contribution in [0.15, 0.2) is 41.2 Å². The summed E-state index contributed by atoms with van der Waals surface area (Å²) in [5.74, 6) is 0. The molecule has 0 spiro atoms. The van der Waals surface area contributed by atoms with Gasteiger partial charge in [-0.3, -0.25) is 4.79 Å². The van der Waals surface area contributed by atoms with Crippen molar-refractivity contribution in [3.05, 3.63) is 52.3 Å². The maximum Gasteiger partial charge on any atom is 0.267 e. The van der Waals surface area contributed by atoms with Crippen LogP contribution in [-0.4, -0.2) is 9.78 Å². The van der Waals surface area contributed by atoms with Crippen LogP contribution in [0.4, 0.5) is 0 Å². The summed E-state index contributed by atoms with van der Waals surface area (Å²) in [5, 5.41) is 4.53. The first-order valence-electron chi connectivity index (χ1n) is 6.61. The molecule has 0 aliphatic rings. The SMILES string of the molecule is CCn1nc(-c2ccccc2)c(C(C)(C)C)cc1=O. The van der Waals surface area contributed by atoms with Crippen molar-refractivity contribution in [3.8, 4) is 11.3 Å². The molecule has 19 heavy (non-hydrogen) atoms. The monoisotopic (exact) mass is 256 g/mol. The van der Waals surface area contributed by atoms with Gasteiger partial charge in [-0.15, -0.1) is 0 Å². The molecule has 1 aromatic carbocycles. The Bertz CT molecular complexity index is 621. The molecule has 3 heteroatoms. The summed E-state index contributed by atoms with van der Waals surface area (Å²) < 4.78 is 1.51. The first-order valence-corrected chi connectivity index (χ1v) is 6.61. The number of rotatable bonds is 2. The Kier molecular flexibility index (Phi) is 3.56. The highest BCUT2D eigenvalue weighted by Crippen LogP contribution is 2.29. The fourth-order valence-electron chi connectivity index (χ4n) is 2.10. The zero-order valence-corrected chi connectivity index (χ0v) is 12.0. The molecule has 0 fully saturated rings. The highest BCUT2D eigenvalue weighted by molar-refractivity contribution is 5.63. The van der Waals surface area contributed by atoms with Crippen molar-refractivity contribution < 1.29 is 0 Å². The van der Waals surface area contributed by atoms with Crippen LogP contribution in [0.5, 0.6) is 0 Å². The second kappa shape index (κ2) is 5.00. The van der Waals surface area contributed by atoms with Gasteiger partial charge >= 0.3 is 0 Å². The van der Waals surface area contributed by atoms with Gasteiger partial charge in [-0.25, -0.2) is 4.68 Å². The van der Waals surface area contributed by atoms with E-state index in [1.165, 1.54) is 4.68 Å². The Morgan fingerprint density at radius 2 is 1.79 bits per heavy atom. The van der Waals surface area contributed by atoms with E-state index in [1.54, 1.807) is 6.07 Å². The van der Waals surface area contributed by atoms with Crippen LogP contribution < -0.4 is 5.56 Å². The van der Waals surface area contributed by atoms with E-state index < -0.39 is 0 Å². The van der Waals surface area contributed by atoms with Gasteiger partial charge < -0.3 is 0 Å². The first kappa shape index (κ1) is 13.5. The molecular formula is C16H20N2O. The fraction of sp³-hybridized carbons (Fsp3) is 0.375.